The van der Waals surface area contributed by atoms with Crippen LogP contribution in [0.15, 0.2) is 26.0 Å². The average Bonchev–Trinajstić information content (AvgIpc) is 2.38. The third-order valence-corrected chi connectivity index (χ3v) is 6.29. The highest BCUT2D eigenvalue weighted by Gasteiger charge is 2.78. The van der Waals surface area contributed by atoms with Gasteiger partial charge in [-0.1, -0.05) is 66.7 Å². The fourth-order valence-corrected chi connectivity index (χ4v) is 5.23. The van der Waals surface area contributed by atoms with Crippen LogP contribution in [-0.4, -0.2) is 29.6 Å². The lowest BCUT2D eigenvalue weighted by atomic mass is 10.2. The molecule has 1 aromatic carbocycles. The van der Waals surface area contributed by atoms with Crippen LogP contribution in [0.25, 0.3) is 0 Å². The zero-order valence-electron chi connectivity index (χ0n) is 11.6. The number of hydrogen-bond donors (Lipinski definition) is 0. The Morgan fingerprint density at radius 3 is 1.77 bits per heavy atom. The Kier molecular flexibility index (Phi) is 6.99. The molecule has 0 aliphatic heterocycles. The standard InChI is InChI=1S/C11H4Br2Cl3F7O2S/c12-4-1-6(13)5(3-8(14,15)16)7(2-4)26(24,25)11(22,23)9(17,18)10(19,20)21/h1-2H,3H2. The molecule has 15 heteroatoms. The highest BCUT2D eigenvalue weighted by molar-refractivity contribution is 9.11. The lowest BCUT2D eigenvalue weighted by molar-refractivity contribution is -0.332. The normalized spacial score (nSPS) is 14.6. The fraction of sp³-hybridized carbons (Fsp3) is 0.455. The Balaban J connectivity index is 3.79. The highest BCUT2D eigenvalue weighted by atomic mass is 79.9. The van der Waals surface area contributed by atoms with Crippen molar-refractivity contribution in [2.45, 2.75) is 32.5 Å². The van der Waals surface area contributed by atoms with Gasteiger partial charge in [0.25, 0.3) is 9.84 Å². The maximum absolute atomic E-state index is 13.8. The smallest absolute Gasteiger partial charge is 0.217 e. The van der Waals surface area contributed by atoms with Crippen molar-refractivity contribution in [3.8, 4) is 0 Å². The lowest BCUT2D eigenvalue weighted by Gasteiger charge is -2.29. The summed E-state index contributed by atoms with van der Waals surface area (Å²) >= 11 is 21.9. The predicted octanol–water partition coefficient (Wildman–Crippen LogP) is 6.69. The van der Waals surface area contributed by atoms with Crippen molar-refractivity contribution in [1.29, 1.82) is 0 Å². The van der Waals surface area contributed by atoms with E-state index in [2.05, 4.69) is 31.9 Å². The topological polar surface area (TPSA) is 34.1 Å². The van der Waals surface area contributed by atoms with Gasteiger partial charge in [-0.05, 0) is 17.7 Å². The van der Waals surface area contributed by atoms with E-state index < -0.39 is 47.9 Å². The second kappa shape index (κ2) is 7.40. The van der Waals surface area contributed by atoms with Gasteiger partial charge in [0, 0.05) is 15.4 Å². The van der Waals surface area contributed by atoms with Crippen LogP contribution in [0.5, 0.6) is 0 Å². The quantitative estimate of drug-likeness (QED) is 0.286. The van der Waals surface area contributed by atoms with E-state index in [1.807, 2.05) is 0 Å². The highest BCUT2D eigenvalue weighted by Crippen LogP contribution is 2.52. The van der Waals surface area contributed by atoms with Gasteiger partial charge in [0.05, 0.1) is 4.90 Å². The van der Waals surface area contributed by atoms with Crippen molar-refractivity contribution in [3.63, 3.8) is 0 Å². The van der Waals surface area contributed by atoms with Crippen LogP contribution >= 0.6 is 66.7 Å². The molecule has 0 bridgehead atoms. The lowest BCUT2D eigenvalue weighted by Crippen LogP contribution is -2.56. The van der Waals surface area contributed by atoms with Crippen LogP contribution in [0, 0.1) is 0 Å². The van der Waals surface area contributed by atoms with Crippen molar-refractivity contribution in [2.24, 2.45) is 0 Å². The third-order valence-electron chi connectivity index (χ3n) is 2.85. The Bertz CT molecular complexity index is 807. The van der Waals surface area contributed by atoms with E-state index in [1.165, 1.54) is 0 Å². The maximum atomic E-state index is 13.8. The average molecular weight is 599 g/mol. The molecule has 0 atom stereocenters. The third kappa shape index (κ3) is 4.56. The molecule has 1 rings (SSSR count). The second-order valence-electron chi connectivity index (χ2n) is 4.75. The number of rotatable bonds is 4. The van der Waals surface area contributed by atoms with Gasteiger partial charge in [-0.15, -0.1) is 0 Å². The first-order chi connectivity index (χ1) is 11.3. The monoisotopic (exact) mass is 596 g/mol. The van der Waals surface area contributed by atoms with Crippen LogP contribution in [-0.2, 0) is 16.3 Å². The molecule has 0 radical (unpaired) electrons. The van der Waals surface area contributed by atoms with Gasteiger partial charge in [-0.3, -0.25) is 0 Å². The van der Waals surface area contributed by atoms with Crippen molar-refractivity contribution < 1.29 is 39.2 Å². The molecule has 0 spiro atoms. The summed E-state index contributed by atoms with van der Waals surface area (Å²) in [4.78, 5) is -1.56. The molecule has 0 unspecified atom stereocenters. The minimum atomic E-state index is -6.87. The van der Waals surface area contributed by atoms with Crippen LogP contribution in [0.2, 0.25) is 0 Å². The fourth-order valence-electron chi connectivity index (χ4n) is 1.66. The molecular formula is C11H4Br2Cl3F7O2S. The Morgan fingerprint density at radius 2 is 1.38 bits per heavy atom. The number of alkyl halides is 10. The van der Waals surface area contributed by atoms with Gasteiger partial charge in [0.1, 0.15) is 0 Å². The summed E-state index contributed by atoms with van der Waals surface area (Å²) in [6, 6.07) is 1.51. The van der Waals surface area contributed by atoms with E-state index in [4.69, 9.17) is 34.8 Å². The number of halogens is 12. The molecule has 26 heavy (non-hydrogen) atoms. The summed E-state index contributed by atoms with van der Waals surface area (Å²) in [6.45, 7) is 0. The molecule has 0 saturated carbocycles. The van der Waals surface area contributed by atoms with Crippen LogP contribution in [0.1, 0.15) is 5.56 Å². The van der Waals surface area contributed by atoms with Crippen molar-refractivity contribution in [3.05, 3.63) is 26.6 Å². The minimum absolute atomic E-state index is 0.220. The molecule has 0 aliphatic rings. The molecule has 1 aromatic rings. The largest absolute Gasteiger partial charge is 0.461 e. The molecule has 0 amide bonds. The Hall–Kier alpha value is 0.510. The maximum Gasteiger partial charge on any atom is 0.461 e. The van der Waals surface area contributed by atoms with Crippen LogP contribution in [0.4, 0.5) is 30.7 Å². The van der Waals surface area contributed by atoms with Crippen molar-refractivity contribution in [1.82, 2.24) is 0 Å². The molecule has 0 aliphatic carbocycles. The van der Waals surface area contributed by atoms with E-state index in [-0.39, 0.29) is 8.95 Å². The Labute approximate surface area is 174 Å². The van der Waals surface area contributed by atoms with E-state index in [9.17, 15) is 39.2 Å². The van der Waals surface area contributed by atoms with Gasteiger partial charge in [-0.25, -0.2) is 8.42 Å². The number of hydrogen-bond acceptors (Lipinski definition) is 2. The molecule has 2 nitrogen and oxygen atoms in total. The summed E-state index contributed by atoms with van der Waals surface area (Å²) in [7, 11) is -6.57. The SMILES string of the molecule is O=S(=O)(c1cc(Br)cc(Br)c1CC(Cl)(Cl)Cl)C(F)(F)C(F)(F)C(F)(F)F. The molecule has 150 valence electrons. The first-order valence-corrected chi connectivity index (χ1v) is 10.1. The zero-order valence-corrected chi connectivity index (χ0v) is 17.9. The summed E-state index contributed by atoms with van der Waals surface area (Å²) in [5.41, 5.74) is -0.717. The van der Waals surface area contributed by atoms with Crippen LogP contribution < -0.4 is 0 Å². The van der Waals surface area contributed by atoms with Crippen molar-refractivity contribution >= 4 is 76.5 Å². The summed E-state index contributed by atoms with van der Waals surface area (Å²) < 4.78 is 112. The van der Waals surface area contributed by atoms with E-state index in [0.29, 0.717) is 6.07 Å². The first kappa shape index (κ1) is 24.5. The van der Waals surface area contributed by atoms with Gasteiger partial charge in [-0.2, -0.15) is 30.7 Å². The summed E-state index contributed by atoms with van der Waals surface area (Å²) in [6.07, 6.45) is -7.71. The molecular weight excluding hydrogens is 595 g/mol. The zero-order chi connectivity index (χ0) is 20.9. The minimum Gasteiger partial charge on any atom is -0.217 e. The van der Waals surface area contributed by atoms with Gasteiger partial charge < -0.3 is 0 Å². The van der Waals surface area contributed by atoms with Gasteiger partial charge in [0.15, 0.2) is 3.79 Å². The summed E-state index contributed by atoms with van der Waals surface area (Å²) in [5.74, 6) is -6.87. The first-order valence-electron chi connectivity index (χ1n) is 5.87. The van der Waals surface area contributed by atoms with E-state index >= 15 is 0 Å². The number of sulfone groups is 1. The number of benzene rings is 1. The van der Waals surface area contributed by atoms with Crippen molar-refractivity contribution in [2.75, 3.05) is 0 Å². The predicted molar refractivity (Wildman–Crippen MR) is 89.0 cm³/mol. The van der Waals surface area contributed by atoms with Gasteiger partial charge >= 0.3 is 17.4 Å². The Morgan fingerprint density at radius 1 is 0.923 bits per heavy atom. The molecule has 0 heterocycles. The molecule has 0 aromatic heterocycles. The van der Waals surface area contributed by atoms with E-state index in [1.54, 1.807) is 0 Å². The molecule has 0 N–H and O–H groups in total. The molecule has 0 saturated heterocycles. The van der Waals surface area contributed by atoms with E-state index in [0.717, 1.165) is 6.07 Å². The second-order valence-corrected chi connectivity index (χ2v) is 11.0. The molecule has 0 fully saturated rings. The van der Waals surface area contributed by atoms with Gasteiger partial charge in [0.2, 0.25) is 0 Å². The summed E-state index contributed by atoms with van der Waals surface area (Å²) in [5, 5.41) is -6.53. The van der Waals surface area contributed by atoms with Crippen LogP contribution in [0.3, 0.4) is 0 Å².